The molecule has 0 fully saturated rings. The molecule has 0 aliphatic carbocycles. The van der Waals surface area contributed by atoms with Crippen LogP contribution in [0, 0.1) is 0 Å². The highest BCUT2D eigenvalue weighted by molar-refractivity contribution is 6.35. The van der Waals surface area contributed by atoms with Crippen LogP contribution in [0.2, 0.25) is 10.0 Å². The molecule has 0 aromatic heterocycles. The largest absolute Gasteiger partial charge is 0.507 e. The van der Waals surface area contributed by atoms with E-state index in [4.69, 9.17) is 23.2 Å². The van der Waals surface area contributed by atoms with Crippen molar-refractivity contribution in [2.24, 2.45) is 0 Å². The van der Waals surface area contributed by atoms with Crippen molar-refractivity contribution in [2.45, 2.75) is 6.92 Å². The Morgan fingerprint density at radius 1 is 1.09 bits per heavy atom. The van der Waals surface area contributed by atoms with E-state index >= 15 is 0 Å². The number of ketones is 2. The van der Waals surface area contributed by atoms with Gasteiger partial charge in [0.2, 0.25) is 0 Å². The average Bonchev–Trinajstić information content (AvgIpc) is 2.46. The molecule has 0 saturated heterocycles. The molecule has 2 aromatic carbocycles. The maximum absolute atomic E-state index is 12.1. The molecule has 2 rings (SSSR count). The number of aromatic hydroxyl groups is 1. The zero-order chi connectivity index (χ0) is 16.3. The van der Waals surface area contributed by atoms with Crippen molar-refractivity contribution in [3.8, 4) is 5.75 Å². The Kier molecular flexibility index (Phi) is 5.01. The summed E-state index contributed by atoms with van der Waals surface area (Å²) in [5.74, 6) is -0.751. The maximum Gasteiger partial charge on any atom is 0.185 e. The first-order valence-corrected chi connectivity index (χ1v) is 7.15. The number of hydrogen-bond donors (Lipinski definition) is 1. The fourth-order valence-electron chi connectivity index (χ4n) is 1.87. The number of carbonyl (C=O) groups excluding carboxylic acids is 2. The van der Waals surface area contributed by atoms with Crippen LogP contribution in [-0.2, 0) is 0 Å². The molecule has 0 spiro atoms. The second kappa shape index (κ2) is 6.77. The van der Waals surface area contributed by atoms with E-state index in [0.717, 1.165) is 0 Å². The second-order valence-electron chi connectivity index (χ2n) is 4.65. The molecule has 5 heteroatoms. The van der Waals surface area contributed by atoms with Crippen molar-refractivity contribution >= 4 is 40.8 Å². The third-order valence-electron chi connectivity index (χ3n) is 3.04. The number of benzene rings is 2. The molecule has 22 heavy (non-hydrogen) atoms. The molecule has 0 heterocycles. The Morgan fingerprint density at radius 3 is 2.45 bits per heavy atom. The van der Waals surface area contributed by atoms with E-state index in [1.807, 2.05) is 0 Å². The van der Waals surface area contributed by atoms with Gasteiger partial charge >= 0.3 is 0 Å². The average molecular weight is 335 g/mol. The van der Waals surface area contributed by atoms with Gasteiger partial charge in [0.15, 0.2) is 11.6 Å². The first-order chi connectivity index (χ1) is 10.4. The van der Waals surface area contributed by atoms with Gasteiger partial charge in [0.1, 0.15) is 5.75 Å². The van der Waals surface area contributed by atoms with E-state index in [-0.39, 0.29) is 22.9 Å². The SMILES string of the molecule is CC(=O)c1cc(C(=O)/C=C/c2ccc(Cl)cc2Cl)ccc1O. The summed E-state index contributed by atoms with van der Waals surface area (Å²) in [5, 5.41) is 10.5. The summed E-state index contributed by atoms with van der Waals surface area (Å²) in [6.45, 7) is 1.33. The molecule has 0 bridgehead atoms. The predicted molar refractivity (Wildman–Crippen MR) is 87.9 cm³/mol. The Morgan fingerprint density at radius 2 is 1.82 bits per heavy atom. The molecule has 0 aliphatic rings. The summed E-state index contributed by atoms with van der Waals surface area (Å²) in [5.41, 5.74) is 1.08. The standard InChI is InChI=1S/C17H12Cl2O3/c1-10(20)14-8-12(4-7-17(14)22)16(21)6-3-11-2-5-13(18)9-15(11)19/h2-9,22H,1H3/b6-3+. The highest BCUT2D eigenvalue weighted by Crippen LogP contribution is 2.23. The van der Waals surface area contributed by atoms with Crippen LogP contribution >= 0.6 is 23.2 Å². The van der Waals surface area contributed by atoms with E-state index in [2.05, 4.69) is 0 Å². The zero-order valence-electron chi connectivity index (χ0n) is 11.6. The van der Waals surface area contributed by atoms with Gasteiger partial charge in [0.05, 0.1) is 5.56 Å². The molecule has 0 atom stereocenters. The number of phenolic OH excluding ortho intramolecular Hbond substituents is 1. The normalized spacial score (nSPS) is 10.9. The smallest absolute Gasteiger partial charge is 0.185 e. The van der Waals surface area contributed by atoms with Gasteiger partial charge in [-0.25, -0.2) is 0 Å². The van der Waals surface area contributed by atoms with Gasteiger partial charge in [-0.2, -0.15) is 0 Å². The minimum atomic E-state index is -0.308. The number of phenols is 1. The summed E-state index contributed by atoms with van der Waals surface area (Å²) < 4.78 is 0. The molecule has 0 radical (unpaired) electrons. The van der Waals surface area contributed by atoms with Gasteiger partial charge in [-0.3, -0.25) is 9.59 Å². The molecule has 3 nitrogen and oxygen atoms in total. The van der Waals surface area contributed by atoms with Crippen molar-refractivity contribution in [1.29, 1.82) is 0 Å². The lowest BCUT2D eigenvalue weighted by Crippen LogP contribution is -1.99. The number of carbonyl (C=O) groups is 2. The Balaban J connectivity index is 2.27. The third-order valence-corrected chi connectivity index (χ3v) is 3.60. The number of halogens is 2. The molecule has 0 aliphatic heterocycles. The summed E-state index contributed by atoms with van der Waals surface area (Å²) >= 11 is 11.8. The fourth-order valence-corrected chi connectivity index (χ4v) is 2.34. The zero-order valence-corrected chi connectivity index (χ0v) is 13.2. The molecule has 1 N–H and O–H groups in total. The molecule has 0 amide bonds. The number of allylic oxidation sites excluding steroid dienone is 1. The Labute approximate surface area is 137 Å². The van der Waals surface area contributed by atoms with Gasteiger partial charge in [-0.05, 0) is 55.0 Å². The summed E-state index contributed by atoms with van der Waals surface area (Å²) in [6.07, 6.45) is 2.92. The van der Waals surface area contributed by atoms with Crippen LogP contribution in [0.15, 0.2) is 42.5 Å². The van der Waals surface area contributed by atoms with Gasteiger partial charge in [-0.1, -0.05) is 29.3 Å². The van der Waals surface area contributed by atoms with Crippen LogP contribution in [0.3, 0.4) is 0 Å². The van der Waals surface area contributed by atoms with E-state index < -0.39 is 0 Å². The Bertz CT molecular complexity index is 779. The van der Waals surface area contributed by atoms with Crippen LogP contribution in [-0.4, -0.2) is 16.7 Å². The summed E-state index contributed by atoms with van der Waals surface area (Å²) in [7, 11) is 0. The van der Waals surface area contributed by atoms with Gasteiger partial charge in [0, 0.05) is 15.6 Å². The van der Waals surface area contributed by atoms with Gasteiger partial charge in [0.25, 0.3) is 0 Å². The molecule has 2 aromatic rings. The van der Waals surface area contributed by atoms with Gasteiger partial charge < -0.3 is 5.11 Å². The van der Waals surface area contributed by atoms with Crippen LogP contribution in [0.25, 0.3) is 6.08 Å². The van der Waals surface area contributed by atoms with Crippen molar-refractivity contribution < 1.29 is 14.7 Å². The topological polar surface area (TPSA) is 54.4 Å². The number of rotatable bonds is 4. The molecule has 112 valence electrons. The van der Waals surface area contributed by atoms with E-state index in [0.29, 0.717) is 21.2 Å². The Hall–Kier alpha value is -2.10. The fraction of sp³-hybridized carbons (Fsp3) is 0.0588. The second-order valence-corrected chi connectivity index (χ2v) is 5.50. The summed E-state index contributed by atoms with van der Waals surface area (Å²) in [4.78, 5) is 23.5. The van der Waals surface area contributed by atoms with Gasteiger partial charge in [-0.15, -0.1) is 0 Å². The number of hydrogen-bond acceptors (Lipinski definition) is 3. The van der Waals surface area contributed by atoms with Crippen LogP contribution in [0.4, 0.5) is 0 Å². The molecular formula is C17H12Cl2O3. The molecule has 0 saturated carbocycles. The van der Waals surface area contributed by atoms with Crippen LogP contribution in [0.5, 0.6) is 5.75 Å². The summed E-state index contributed by atoms with van der Waals surface area (Å²) in [6, 6.07) is 9.11. The van der Waals surface area contributed by atoms with Crippen molar-refractivity contribution in [3.63, 3.8) is 0 Å². The number of Topliss-reactive ketones (excluding diaryl/α,β-unsaturated/α-hetero) is 1. The maximum atomic E-state index is 12.1. The van der Waals surface area contributed by atoms with Crippen molar-refractivity contribution in [3.05, 3.63) is 69.2 Å². The minimum absolute atomic E-state index is 0.115. The van der Waals surface area contributed by atoms with E-state index in [9.17, 15) is 14.7 Å². The van der Waals surface area contributed by atoms with Crippen LogP contribution < -0.4 is 0 Å². The van der Waals surface area contributed by atoms with E-state index in [1.165, 1.54) is 31.2 Å². The van der Waals surface area contributed by atoms with E-state index in [1.54, 1.807) is 24.3 Å². The molecule has 0 unspecified atom stereocenters. The highest BCUT2D eigenvalue weighted by atomic mass is 35.5. The van der Waals surface area contributed by atoms with Crippen molar-refractivity contribution in [1.82, 2.24) is 0 Å². The lowest BCUT2D eigenvalue weighted by molar-refractivity contribution is 0.101. The lowest BCUT2D eigenvalue weighted by Gasteiger charge is -2.03. The third kappa shape index (κ3) is 3.75. The quantitative estimate of drug-likeness (QED) is 0.645. The molecular weight excluding hydrogens is 323 g/mol. The monoisotopic (exact) mass is 334 g/mol. The minimum Gasteiger partial charge on any atom is -0.507 e. The van der Waals surface area contributed by atoms with Crippen molar-refractivity contribution in [2.75, 3.05) is 0 Å². The van der Waals surface area contributed by atoms with Crippen LogP contribution in [0.1, 0.15) is 33.2 Å². The highest BCUT2D eigenvalue weighted by Gasteiger charge is 2.10. The first kappa shape index (κ1) is 16.3. The lowest BCUT2D eigenvalue weighted by atomic mass is 10.0. The predicted octanol–water partition coefficient (Wildman–Crippen LogP) is 4.80. The first-order valence-electron chi connectivity index (χ1n) is 6.40.